The second-order valence-corrected chi connectivity index (χ2v) is 8.75. The van der Waals surface area contributed by atoms with Crippen LogP contribution in [-0.4, -0.2) is 65.7 Å². The van der Waals surface area contributed by atoms with Gasteiger partial charge in [0.2, 0.25) is 11.7 Å². The average molecular weight is 477 g/mol. The zero-order chi connectivity index (χ0) is 22.5. The van der Waals surface area contributed by atoms with Crippen molar-refractivity contribution in [2.75, 3.05) is 39.9 Å². The Morgan fingerprint density at radius 3 is 2.78 bits per heavy atom. The topological polar surface area (TPSA) is 80.9 Å². The highest BCUT2D eigenvalue weighted by Gasteiger charge is 2.25. The van der Waals surface area contributed by atoms with E-state index in [9.17, 15) is 4.79 Å². The number of hydrogen-bond donors (Lipinski definition) is 0. The van der Waals surface area contributed by atoms with Crippen molar-refractivity contribution in [1.82, 2.24) is 19.9 Å². The number of benzene rings is 1. The molecule has 0 N–H and O–H groups in total. The van der Waals surface area contributed by atoms with E-state index in [1.165, 1.54) is 0 Å². The van der Waals surface area contributed by atoms with Crippen LogP contribution in [0.1, 0.15) is 29.6 Å². The molecule has 32 heavy (non-hydrogen) atoms. The normalized spacial score (nSPS) is 14.5. The molecule has 1 aromatic carbocycles. The molecule has 0 bridgehead atoms. The molecule has 170 valence electrons. The second kappa shape index (κ2) is 10.3. The molecule has 0 atom stereocenters. The van der Waals surface area contributed by atoms with Crippen LogP contribution in [0.2, 0.25) is 5.02 Å². The molecule has 3 heterocycles. The summed E-state index contributed by atoms with van der Waals surface area (Å²) in [6.07, 6.45) is 0.851. The maximum absolute atomic E-state index is 13.1. The quantitative estimate of drug-likeness (QED) is 0.481. The van der Waals surface area contributed by atoms with Gasteiger partial charge < -0.3 is 18.9 Å². The molecule has 1 fully saturated rings. The van der Waals surface area contributed by atoms with Gasteiger partial charge in [-0.3, -0.25) is 9.69 Å². The zero-order valence-electron chi connectivity index (χ0n) is 18.0. The number of nitrogens with zero attached hydrogens (tertiary/aromatic N) is 4. The molecule has 4 rings (SSSR count). The molecule has 10 heteroatoms. The molecule has 0 spiro atoms. The number of methoxy groups -OCH3 is 1. The monoisotopic (exact) mass is 476 g/mol. The second-order valence-electron chi connectivity index (χ2n) is 7.40. The summed E-state index contributed by atoms with van der Waals surface area (Å²) in [7, 11) is 1.54. The number of carbonyl (C=O) groups is 1. The summed E-state index contributed by atoms with van der Waals surface area (Å²) in [5.74, 6) is 2.04. The van der Waals surface area contributed by atoms with Gasteiger partial charge in [-0.25, -0.2) is 0 Å². The van der Waals surface area contributed by atoms with Crippen molar-refractivity contribution in [3.05, 3.63) is 46.1 Å². The lowest BCUT2D eigenvalue weighted by atomic mass is 10.1. The van der Waals surface area contributed by atoms with Gasteiger partial charge in [-0.2, -0.15) is 4.98 Å². The van der Waals surface area contributed by atoms with E-state index in [1.54, 1.807) is 30.6 Å². The molecular weight excluding hydrogens is 452 g/mol. The van der Waals surface area contributed by atoms with Crippen molar-refractivity contribution in [1.29, 1.82) is 0 Å². The molecule has 1 amide bonds. The van der Waals surface area contributed by atoms with Crippen molar-refractivity contribution in [3.63, 3.8) is 0 Å². The van der Waals surface area contributed by atoms with Crippen LogP contribution in [0.4, 0.5) is 0 Å². The lowest BCUT2D eigenvalue weighted by molar-refractivity contribution is 0.0614. The van der Waals surface area contributed by atoms with Gasteiger partial charge in [0.05, 0.1) is 30.2 Å². The van der Waals surface area contributed by atoms with Crippen LogP contribution >= 0.6 is 22.9 Å². The first-order valence-corrected chi connectivity index (χ1v) is 11.7. The fourth-order valence-corrected chi connectivity index (χ4v) is 4.41. The van der Waals surface area contributed by atoms with E-state index in [2.05, 4.69) is 15.0 Å². The van der Waals surface area contributed by atoms with Crippen LogP contribution in [0.5, 0.6) is 11.5 Å². The number of piperazine rings is 1. The van der Waals surface area contributed by atoms with Crippen LogP contribution in [0.3, 0.4) is 0 Å². The van der Waals surface area contributed by atoms with Crippen LogP contribution in [0, 0.1) is 0 Å². The Bertz CT molecular complexity index is 1050. The molecule has 0 radical (unpaired) electrons. The number of carbonyl (C=O) groups excluding carboxylic acids is 1. The third-order valence-corrected chi connectivity index (χ3v) is 6.30. The minimum absolute atomic E-state index is 0.0790. The molecule has 0 unspecified atom stereocenters. The predicted molar refractivity (Wildman–Crippen MR) is 123 cm³/mol. The molecule has 0 saturated carbocycles. The minimum atomic E-state index is -0.0790. The third-order valence-electron chi connectivity index (χ3n) is 5.15. The highest BCUT2D eigenvalue weighted by atomic mass is 35.5. The number of thiophene rings is 1. The Morgan fingerprint density at radius 2 is 2.09 bits per heavy atom. The van der Waals surface area contributed by atoms with E-state index in [0.29, 0.717) is 73.1 Å². The molecule has 2 aromatic heterocycles. The summed E-state index contributed by atoms with van der Waals surface area (Å²) in [4.78, 5) is 22.5. The van der Waals surface area contributed by atoms with E-state index in [-0.39, 0.29) is 5.91 Å². The summed E-state index contributed by atoms with van der Waals surface area (Å²) in [5.41, 5.74) is 0.488. The van der Waals surface area contributed by atoms with Crippen LogP contribution in [0.15, 0.2) is 34.2 Å². The van der Waals surface area contributed by atoms with E-state index < -0.39 is 0 Å². The largest absolute Gasteiger partial charge is 0.493 e. The first-order valence-electron chi connectivity index (χ1n) is 10.5. The number of ether oxygens (including phenoxy) is 2. The Balaban J connectivity index is 1.36. The highest BCUT2D eigenvalue weighted by molar-refractivity contribution is 7.13. The van der Waals surface area contributed by atoms with Gasteiger partial charge in [0, 0.05) is 31.7 Å². The lowest BCUT2D eigenvalue weighted by Crippen LogP contribution is -2.48. The summed E-state index contributed by atoms with van der Waals surface area (Å²) in [5, 5.41) is 6.41. The van der Waals surface area contributed by atoms with Crippen molar-refractivity contribution >= 4 is 28.8 Å². The fraction of sp³-hybridized carbons (Fsp3) is 0.409. The maximum atomic E-state index is 13.1. The molecule has 0 aliphatic carbocycles. The lowest BCUT2D eigenvalue weighted by Gasteiger charge is -2.34. The van der Waals surface area contributed by atoms with Gasteiger partial charge in [0.1, 0.15) is 0 Å². The fourth-order valence-electron chi connectivity index (χ4n) is 3.50. The number of hydrogen-bond acceptors (Lipinski definition) is 8. The van der Waals surface area contributed by atoms with Crippen LogP contribution in [0.25, 0.3) is 10.7 Å². The maximum Gasteiger partial charge on any atom is 0.254 e. The van der Waals surface area contributed by atoms with E-state index in [0.717, 1.165) is 11.3 Å². The number of rotatable bonds is 8. The Labute approximate surface area is 195 Å². The number of amides is 1. The number of halogens is 1. The summed E-state index contributed by atoms with van der Waals surface area (Å²) in [6.45, 7) is 5.72. The first-order chi connectivity index (χ1) is 15.6. The molecule has 1 aliphatic rings. The van der Waals surface area contributed by atoms with Crippen molar-refractivity contribution in [3.8, 4) is 22.2 Å². The SMILES string of the molecule is CCCOc1c(Cl)cc(C(=O)N2CCN(Cc3nc(-c4cccs4)no3)CC2)cc1OC. The van der Waals surface area contributed by atoms with E-state index in [4.69, 9.17) is 25.6 Å². The van der Waals surface area contributed by atoms with Gasteiger partial charge in [0.25, 0.3) is 5.91 Å². The average Bonchev–Trinajstić information content (AvgIpc) is 3.50. The Morgan fingerprint density at radius 1 is 1.28 bits per heavy atom. The molecule has 3 aromatic rings. The zero-order valence-corrected chi connectivity index (χ0v) is 19.6. The Kier molecular flexibility index (Phi) is 7.29. The number of aromatic nitrogens is 2. The third kappa shape index (κ3) is 5.06. The van der Waals surface area contributed by atoms with Crippen molar-refractivity contribution in [2.45, 2.75) is 19.9 Å². The first kappa shape index (κ1) is 22.6. The minimum Gasteiger partial charge on any atom is -0.493 e. The molecule has 1 aliphatic heterocycles. The van der Waals surface area contributed by atoms with Crippen LogP contribution in [-0.2, 0) is 6.54 Å². The smallest absolute Gasteiger partial charge is 0.254 e. The van der Waals surface area contributed by atoms with Gasteiger partial charge in [-0.05, 0) is 30.0 Å². The molecular formula is C22H25ClN4O4S. The predicted octanol–water partition coefficient (Wildman–Crippen LogP) is 4.21. The van der Waals surface area contributed by atoms with Crippen molar-refractivity contribution < 1.29 is 18.8 Å². The summed E-state index contributed by atoms with van der Waals surface area (Å²) in [6, 6.07) is 7.26. The summed E-state index contributed by atoms with van der Waals surface area (Å²) < 4.78 is 16.5. The Hall–Kier alpha value is -2.62. The van der Waals surface area contributed by atoms with Crippen LogP contribution < -0.4 is 9.47 Å². The van der Waals surface area contributed by atoms with E-state index in [1.807, 2.05) is 29.3 Å². The van der Waals surface area contributed by atoms with Gasteiger partial charge in [0.15, 0.2) is 11.5 Å². The van der Waals surface area contributed by atoms with E-state index >= 15 is 0 Å². The highest BCUT2D eigenvalue weighted by Crippen LogP contribution is 2.37. The standard InChI is InChI=1S/C22H25ClN4O4S/c1-3-10-30-20-16(23)12-15(13-17(20)29-2)22(28)27-8-6-26(7-9-27)14-19-24-21(25-31-19)18-5-4-11-32-18/h4-5,11-13H,3,6-10,14H2,1-2H3. The van der Waals surface area contributed by atoms with Gasteiger partial charge in [-0.1, -0.05) is 29.7 Å². The van der Waals surface area contributed by atoms with Gasteiger partial charge in [-0.15, -0.1) is 11.3 Å². The van der Waals surface area contributed by atoms with Crippen molar-refractivity contribution in [2.24, 2.45) is 0 Å². The molecule has 8 nitrogen and oxygen atoms in total. The summed E-state index contributed by atoms with van der Waals surface area (Å²) >= 11 is 7.95. The van der Waals surface area contributed by atoms with Gasteiger partial charge >= 0.3 is 0 Å². The molecule has 1 saturated heterocycles.